The summed E-state index contributed by atoms with van der Waals surface area (Å²) in [5, 5.41) is 9.71. The Kier molecular flexibility index (Phi) is 3.19. The van der Waals surface area contributed by atoms with Gasteiger partial charge in [-0.2, -0.15) is 4.98 Å². The zero-order chi connectivity index (χ0) is 11.4. The van der Waals surface area contributed by atoms with Crippen LogP contribution in [0.5, 0.6) is 0 Å². The molecular formula is C10H16N4O2. The number of carbonyl (C=O) groups is 1. The van der Waals surface area contributed by atoms with Gasteiger partial charge in [-0.25, -0.2) is 0 Å². The molecule has 1 aromatic rings. The van der Waals surface area contributed by atoms with E-state index in [1.165, 1.54) is 6.39 Å². The summed E-state index contributed by atoms with van der Waals surface area (Å²) in [6, 6.07) is 0. The molecule has 1 amide bonds. The summed E-state index contributed by atoms with van der Waals surface area (Å²) in [6.07, 6.45) is 3.20. The average molecular weight is 224 g/mol. The average Bonchev–Trinajstić information content (AvgIpc) is 2.79. The van der Waals surface area contributed by atoms with Crippen molar-refractivity contribution < 1.29 is 9.32 Å². The van der Waals surface area contributed by atoms with Crippen molar-refractivity contribution in [3.63, 3.8) is 0 Å². The Balaban J connectivity index is 1.87. The fourth-order valence-corrected chi connectivity index (χ4v) is 1.89. The van der Waals surface area contributed by atoms with E-state index in [1.807, 2.05) is 6.92 Å². The van der Waals surface area contributed by atoms with Crippen LogP contribution in [0.3, 0.4) is 0 Å². The number of carbonyl (C=O) groups excluding carboxylic acids is 1. The highest BCUT2D eigenvalue weighted by atomic mass is 16.5. The summed E-state index contributed by atoms with van der Waals surface area (Å²) >= 11 is 0. The number of aromatic nitrogens is 2. The molecule has 1 unspecified atom stereocenters. The molecule has 2 rings (SSSR count). The second-order valence-corrected chi connectivity index (χ2v) is 4.37. The van der Waals surface area contributed by atoms with Gasteiger partial charge in [-0.15, -0.1) is 0 Å². The fourth-order valence-electron chi connectivity index (χ4n) is 1.89. The third kappa shape index (κ3) is 2.38. The molecule has 6 heteroatoms. The molecule has 88 valence electrons. The highest BCUT2D eigenvalue weighted by Gasteiger charge is 2.34. The Bertz CT molecular complexity index is 344. The summed E-state index contributed by atoms with van der Waals surface area (Å²) in [5.74, 6) is 0.546. The van der Waals surface area contributed by atoms with Crippen molar-refractivity contribution >= 4 is 5.91 Å². The maximum atomic E-state index is 12.0. The van der Waals surface area contributed by atoms with Gasteiger partial charge in [0.2, 0.25) is 12.3 Å². The minimum atomic E-state index is -0.317. The first-order chi connectivity index (χ1) is 7.71. The molecule has 1 aliphatic rings. The smallest absolute Gasteiger partial charge is 0.227 e. The van der Waals surface area contributed by atoms with Gasteiger partial charge in [-0.3, -0.25) is 4.79 Å². The molecule has 1 fully saturated rings. The molecule has 0 aromatic carbocycles. The zero-order valence-electron chi connectivity index (χ0n) is 9.32. The lowest BCUT2D eigenvalue weighted by Gasteiger charge is -2.32. The molecule has 1 aliphatic heterocycles. The lowest BCUT2D eigenvalue weighted by Crippen LogP contribution is -2.48. The van der Waals surface area contributed by atoms with Crippen molar-refractivity contribution in [2.75, 3.05) is 13.1 Å². The first kappa shape index (κ1) is 11.1. The monoisotopic (exact) mass is 224 g/mol. The maximum Gasteiger partial charge on any atom is 0.227 e. The molecule has 0 radical (unpaired) electrons. The molecular weight excluding hydrogens is 208 g/mol. The van der Waals surface area contributed by atoms with Gasteiger partial charge in [-0.05, 0) is 26.3 Å². The highest BCUT2D eigenvalue weighted by molar-refractivity contribution is 5.82. The molecule has 0 spiro atoms. The Morgan fingerprint density at radius 2 is 2.62 bits per heavy atom. The van der Waals surface area contributed by atoms with Crippen LogP contribution in [-0.2, 0) is 11.3 Å². The van der Waals surface area contributed by atoms with E-state index in [1.54, 1.807) is 0 Å². The summed E-state index contributed by atoms with van der Waals surface area (Å²) < 4.78 is 4.59. The van der Waals surface area contributed by atoms with E-state index in [9.17, 15) is 4.79 Å². The van der Waals surface area contributed by atoms with Crippen LogP contribution in [-0.4, -0.2) is 29.1 Å². The third-order valence-corrected chi connectivity index (χ3v) is 2.96. The lowest BCUT2D eigenvalue weighted by atomic mass is 9.82. The van der Waals surface area contributed by atoms with Gasteiger partial charge >= 0.3 is 0 Å². The molecule has 2 heterocycles. The van der Waals surface area contributed by atoms with Crippen LogP contribution < -0.4 is 10.6 Å². The third-order valence-electron chi connectivity index (χ3n) is 2.96. The number of hydrogen-bond acceptors (Lipinski definition) is 5. The summed E-state index contributed by atoms with van der Waals surface area (Å²) in [6.45, 7) is 4.02. The predicted octanol–water partition coefficient (Wildman–Crippen LogP) is 0.0755. The molecule has 2 N–H and O–H groups in total. The molecule has 1 atom stereocenters. The van der Waals surface area contributed by atoms with Crippen LogP contribution in [0.15, 0.2) is 10.9 Å². The number of piperidine rings is 1. The van der Waals surface area contributed by atoms with Crippen LogP contribution in [0.4, 0.5) is 0 Å². The van der Waals surface area contributed by atoms with Crippen molar-refractivity contribution in [2.24, 2.45) is 5.41 Å². The van der Waals surface area contributed by atoms with E-state index in [4.69, 9.17) is 0 Å². The summed E-state index contributed by atoms with van der Waals surface area (Å²) in [4.78, 5) is 15.8. The van der Waals surface area contributed by atoms with Crippen molar-refractivity contribution in [3.8, 4) is 0 Å². The van der Waals surface area contributed by atoms with Crippen molar-refractivity contribution in [3.05, 3.63) is 12.2 Å². The lowest BCUT2D eigenvalue weighted by molar-refractivity contribution is -0.131. The first-order valence-electron chi connectivity index (χ1n) is 5.45. The molecule has 1 saturated heterocycles. The first-order valence-corrected chi connectivity index (χ1v) is 5.45. The second kappa shape index (κ2) is 4.61. The van der Waals surface area contributed by atoms with Gasteiger partial charge in [-0.1, -0.05) is 5.16 Å². The van der Waals surface area contributed by atoms with Gasteiger partial charge in [0.1, 0.15) is 0 Å². The van der Waals surface area contributed by atoms with Gasteiger partial charge < -0.3 is 15.2 Å². The highest BCUT2D eigenvalue weighted by Crippen LogP contribution is 2.25. The number of nitrogens with one attached hydrogen (secondary N) is 2. The summed E-state index contributed by atoms with van der Waals surface area (Å²) in [5.41, 5.74) is -0.317. The topological polar surface area (TPSA) is 80.1 Å². The normalized spacial score (nSPS) is 25.3. The van der Waals surface area contributed by atoms with Crippen LogP contribution in [0.1, 0.15) is 25.6 Å². The predicted molar refractivity (Wildman–Crippen MR) is 56.4 cm³/mol. The van der Waals surface area contributed by atoms with Gasteiger partial charge in [0.05, 0.1) is 12.0 Å². The largest absolute Gasteiger partial charge is 0.348 e. The van der Waals surface area contributed by atoms with Crippen LogP contribution in [0.2, 0.25) is 0 Å². The van der Waals surface area contributed by atoms with Crippen LogP contribution >= 0.6 is 0 Å². The van der Waals surface area contributed by atoms with E-state index in [-0.39, 0.29) is 11.3 Å². The minimum absolute atomic E-state index is 0.0458. The molecule has 0 saturated carbocycles. The van der Waals surface area contributed by atoms with Crippen LogP contribution in [0.25, 0.3) is 0 Å². The quantitative estimate of drug-likeness (QED) is 0.759. The fraction of sp³-hybridized carbons (Fsp3) is 0.700. The number of rotatable bonds is 3. The maximum absolute atomic E-state index is 12.0. The van der Waals surface area contributed by atoms with E-state index in [2.05, 4.69) is 25.3 Å². The number of hydrogen-bond donors (Lipinski definition) is 2. The standard InChI is InChI=1S/C10H16N4O2/c1-10(3-2-4-11-6-10)9(15)12-5-8-13-7-16-14-8/h7,11H,2-6H2,1H3,(H,12,15). The number of amides is 1. The van der Waals surface area contributed by atoms with E-state index in [0.717, 1.165) is 25.9 Å². The van der Waals surface area contributed by atoms with E-state index < -0.39 is 0 Å². The second-order valence-electron chi connectivity index (χ2n) is 4.37. The van der Waals surface area contributed by atoms with Crippen LogP contribution in [0, 0.1) is 5.41 Å². The van der Waals surface area contributed by atoms with Gasteiger partial charge in [0.15, 0.2) is 5.82 Å². The minimum Gasteiger partial charge on any atom is -0.348 e. The SMILES string of the molecule is CC1(C(=O)NCc2ncon2)CCCNC1. The van der Waals surface area contributed by atoms with Crippen molar-refractivity contribution in [2.45, 2.75) is 26.3 Å². The number of nitrogens with zero attached hydrogens (tertiary/aromatic N) is 2. The molecule has 0 bridgehead atoms. The molecule has 0 aliphatic carbocycles. The van der Waals surface area contributed by atoms with E-state index >= 15 is 0 Å². The van der Waals surface area contributed by atoms with Crippen molar-refractivity contribution in [1.29, 1.82) is 0 Å². The zero-order valence-corrected chi connectivity index (χ0v) is 9.32. The Hall–Kier alpha value is -1.43. The Labute approximate surface area is 93.8 Å². The van der Waals surface area contributed by atoms with E-state index in [0.29, 0.717) is 12.4 Å². The Morgan fingerprint density at radius 1 is 1.75 bits per heavy atom. The molecule has 6 nitrogen and oxygen atoms in total. The molecule has 16 heavy (non-hydrogen) atoms. The Morgan fingerprint density at radius 3 is 3.25 bits per heavy atom. The molecule has 1 aromatic heterocycles. The van der Waals surface area contributed by atoms with Gasteiger partial charge in [0.25, 0.3) is 0 Å². The van der Waals surface area contributed by atoms with Gasteiger partial charge in [0, 0.05) is 6.54 Å². The van der Waals surface area contributed by atoms with Crippen molar-refractivity contribution in [1.82, 2.24) is 20.8 Å². The summed E-state index contributed by atoms with van der Waals surface area (Å²) in [7, 11) is 0.